The lowest BCUT2D eigenvalue weighted by Crippen LogP contribution is -2.38. The normalized spacial score (nSPS) is 38.5. The van der Waals surface area contributed by atoms with Crippen molar-refractivity contribution in [2.45, 2.75) is 38.7 Å². The summed E-state index contributed by atoms with van der Waals surface area (Å²) in [6.07, 6.45) is 4.75. The van der Waals surface area contributed by atoms with Gasteiger partial charge in [-0.15, -0.1) is 0 Å². The predicted molar refractivity (Wildman–Crippen MR) is 54.8 cm³/mol. The van der Waals surface area contributed by atoms with Crippen LogP contribution >= 0.6 is 0 Å². The molecule has 0 aromatic carbocycles. The minimum atomic E-state index is -0.735. The summed E-state index contributed by atoms with van der Waals surface area (Å²) in [6, 6.07) is 3.73. The first-order valence-corrected chi connectivity index (χ1v) is 5.39. The van der Waals surface area contributed by atoms with E-state index in [1.165, 1.54) is 6.42 Å². The second-order valence-electron chi connectivity index (χ2n) is 4.69. The molecule has 2 nitrogen and oxygen atoms in total. The summed E-state index contributed by atoms with van der Waals surface area (Å²) in [5, 5.41) is 10.6. The minimum absolute atomic E-state index is 0.296. The molecule has 78 valence electrons. The molecule has 0 saturated heterocycles. The van der Waals surface area contributed by atoms with Gasteiger partial charge < -0.3 is 9.52 Å². The first-order chi connectivity index (χ1) is 6.63. The van der Waals surface area contributed by atoms with E-state index >= 15 is 0 Å². The van der Waals surface area contributed by atoms with Crippen LogP contribution in [0.3, 0.4) is 0 Å². The van der Waals surface area contributed by atoms with Gasteiger partial charge in [0.05, 0.1) is 6.26 Å². The molecule has 14 heavy (non-hydrogen) atoms. The monoisotopic (exact) mass is 194 g/mol. The lowest BCUT2D eigenvalue weighted by molar-refractivity contribution is -0.0782. The Hall–Kier alpha value is -0.760. The topological polar surface area (TPSA) is 33.4 Å². The van der Waals surface area contributed by atoms with Crippen LogP contribution < -0.4 is 0 Å². The average molecular weight is 194 g/mol. The van der Waals surface area contributed by atoms with Crippen LogP contribution in [-0.2, 0) is 5.60 Å². The molecular formula is C12H18O2. The van der Waals surface area contributed by atoms with Crippen LogP contribution in [0.2, 0.25) is 0 Å². The Balaban J connectivity index is 2.28. The Morgan fingerprint density at radius 3 is 2.86 bits per heavy atom. The highest BCUT2D eigenvalue weighted by Crippen LogP contribution is 2.43. The van der Waals surface area contributed by atoms with E-state index in [0.29, 0.717) is 11.8 Å². The molecule has 0 aliphatic heterocycles. The third kappa shape index (κ3) is 1.48. The van der Waals surface area contributed by atoms with E-state index in [1.54, 1.807) is 6.26 Å². The second kappa shape index (κ2) is 3.43. The molecule has 1 N–H and O–H groups in total. The Kier molecular flexibility index (Phi) is 2.40. The van der Waals surface area contributed by atoms with Crippen molar-refractivity contribution in [1.29, 1.82) is 0 Å². The second-order valence-corrected chi connectivity index (χ2v) is 4.69. The zero-order chi connectivity index (χ0) is 10.2. The van der Waals surface area contributed by atoms with Crippen LogP contribution in [0.5, 0.6) is 0 Å². The number of aliphatic hydroxyl groups is 1. The summed E-state index contributed by atoms with van der Waals surface area (Å²) in [6.45, 7) is 4.30. The molecule has 1 aliphatic carbocycles. The van der Waals surface area contributed by atoms with Crippen LogP contribution in [0.4, 0.5) is 0 Å². The van der Waals surface area contributed by atoms with Crippen LogP contribution in [0.25, 0.3) is 0 Å². The summed E-state index contributed by atoms with van der Waals surface area (Å²) < 4.78 is 5.34. The van der Waals surface area contributed by atoms with Crippen molar-refractivity contribution in [2.24, 2.45) is 11.8 Å². The Bertz CT molecular complexity index is 291. The maximum atomic E-state index is 10.6. The number of hydrogen-bond acceptors (Lipinski definition) is 2. The van der Waals surface area contributed by atoms with Gasteiger partial charge >= 0.3 is 0 Å². The first kappa shape index (κ1) is 9.78. The molecule has 1 saturated carbocycles. The molecular weight excluding hydrogens is 176 g/mol. The maximum Gasteiger partial charge on any atom is 0.135 e. The van der Waals surface area contributed by atoms with Crippen LogP contribution in [-0.4, -0.2) is 5.11 Å². The van der Waals surface area contributed by atoms with E-state index in [0.717, 1.165) is 18.6 Å². The van der Waals surface area contributed by atoms with Gasteiger partial charge in [-0.3, -0.25) is 0 Å². The van der Waals surface area contributed by atoms with E-state index in [2.05, 4.69) is 13.8 Å². The summed E-state index contributed by atoms with van der Waals surface area (Å²) in [4.78, 5) is 0. The molecule has 1 fully saturated rings. The summed E-state index contributed by atoms with van der Waals surface area (Å²) in [7, 11) is 0. The highest BCUT2D eigenvalue weighted by molar-refractivity contribution is 5.12. The van der Waals surface area contributed by atoms with Gasteiger partial charge in [-0.25, -0.2) is 0 Å². The summed E-state index contributed by atoms with van der Waals surface area (Å²) in [5.74, 6) is 1.61. The predicted octanol–water partition coefficient (Wildman–Crippen LogP) is 2.92. The van der Waals surface area contributed by atoms with Gasteiger partial charge in [-0.05, 0) is 36.8 Å². The molecule has 0 bridgehead atoms. The van der Waals surface area contributed by atoms with Gasteiger partial charge in [0.25, 0.3) is 0 Å². The quantitative estimate of drug-likeness (QED) is 0.745. The van der Waals surface area contributed by atoms with Crippen molar-refractivity contribution in [3.05, 3.63) is 24.2 Å². The molecule has 1 heterocycles. The largest absolute Gasteiger partial charge is 0.466 e. The van der Waals surface area contributed by atoms with Gasteiger partial charge in [0, 0.05) is 0 Å². The van der Waals surface area contributed by atoms with Crippen molar-refractivity contribution >= 4 is 0 Å². The van der Waals surface area contributed by atoms with Crippen molar-refractivity contribution in [3.63, 3.8) is 0 Å². The third-order valence-corrected chi connectivity index (χ3v) is 3.52. The molecule has 3 atom stereocenters. The molecule has 1 aliphatic rings. The van der Waals surface area contributed by atoms with Gasteiger partial charge in [0.15, 0.2) is 0 Å². The van der Waals surface area contributed by atoms with Crippen LogP contribution in [0.15, 0.2) is 22.8 Å². The molecule has 0 spiro atoms. The molecule has 2 heteroatoms. The zero-order valence-corrected chi connectivity index (χ0v) is 8.86. The van der Waals surface area contributed by atoms with Crippen molar-refractivity contribution < 1.29 is 9.52 Å². The fourth-order valence-corrected chi connectivity index (χ4v) is 2.48. The van der Waals surface area contributed by atoms with E-state index in [4.69, 9.17) is 4.42 Å². The van der Waals surface area contributed by atoms with Gasteiger partial charge in [0.1, 0.15) is 11.4 Å². The lowest BCUT2D eigenvalue weighted by atomic mass is 9.71. The van der Waals surface area contributed by atoms with E-state index in [-0.39, 0.29) is 0 Å². The van der Waals surface area contributed by atoms with Crippen LogP contribution in [0.1, 0.15) is 38.9 Å². The Labute approximate surface area is 84.9 Å². The van der Waals surface area contributed by atoms with Crippen molar-refractivity contribution in [2.75, 3.05) is 0 Å². The van der Waals surface area contributed by atoms with Gasteiger partial charge in [-0.2, -0.15) is 0 Å². The summed E-state index contributed by atoms with van der Waals surface area (Å²) >= 11 is 0. The molecule has 3 unspecified atom stereocenters. The fraction of sp³-hybridized carbons (Fsp3) is 0.667. The minimum Gasteiger partial charge on any atom is -0.466 e. The third-order valence-electron chi connectivity index (χ3n) is 3.52. The van der Waals surface area contributed by atoms with Gasteiger partial charge in [0.2, 0.25) is 0 Å². The highest BCUT2D eigenvalue weighted by Gasteiger charge is 2.42. The van der Waals surface area contributed by atoms with E-state index in [1.807, 2.05) is 12.1 Å². The molecule has 0 radical (unpaired) electrons. The van der Waals surface area contributed by atoms with Gasteiger partial charge in [-0.1, -0.05) is 20.3 Å². The fourth-order valence-electron chi connectivity index (χ4n) is 2.48. The van der Waals surface area contributed by atoms with Crippen LogP contribution in [0, 0.1) is 11.8 Å². The summed E-state index contributed by atoms with van der Waals surface area (Å²) in [5.41, 5.74) is -0.735. The lowest BCUT2D eigenvalue weighted by Gasteiger charge is -2.39. The first-order valence-electron chi connectivity index (χ1n) is 5.39. The average Bonchev–Trinajstić information content (AvgIpc) is 2.65. The zero-order valence-electron chi connectivity index (χ0n) is 8.86. The maximum absolute atomic E-state index is 10.6. The Morgan fingerprint density at radius 1 is 1.43 bits per heavy atom. The molecule has 1 aromatic heterocycles. The van der Waals surface area contributed by atoms with Crippen molar-refractivity contribution in [3.8, 4) is 0 Å². The number of hydrogen-bond donors (Lipinski definition) is 1. The Morgan fingerprint density at radius 2 is 2.21 bits per heavy atom. The van der Waals surface area contributed by atoms with Crippen molar-refractivity contribution in [1.82, 2.24) is 0 Å². The van der Waals surface area contributed by atoms with E-state index < -0.39 is 5.60 Å². The smallest absolute Gasteiger partial charge is 0.135 e. The molecule has 0 amide bonds. The number of furan rings is 1. The molecule has 2 rings (SSSR count). The highest BCUT2D eigenvalue weighted by atomic mass is 16.4. The SMILES string of the molecule is CC1CCC(C)C(O)(c2ccco2)C1. The number of rotatable bonds is 1. The van der Waals surface area contributed by atoms with E-state index in [9.17, 15) is 5.11 Å². The standard InChI is InChI=1S/C12H18O2/c1-9-5-6-10(2)12(13,8-9)11-4-3-7-14-11/h3-4,7,9-10,13H,5-6,8H2,1-2H3. The molecule has 1 aromatic rings.